The number of ether oxygens (including phenoxy) is 4. The maximum absolute atomic E-state index is 5.74. The molecule has 0 unspecified atom stereocenters. The second-order valence-corrected chi connectivity index (χ2v) is 8.54. The smallest absolute Gasteiger partial charge is 0.231 e. The highest BCUT2D eigenvalue weighted by Crippen LogP contribution is 2.32. The maximum atomic E-state index is 5.74. The molecule has 0 radical (unpaired) electrons. The summed E-state index contributed by atoms with van der Waals surface area (Å²) in [6, 6.07) is 40.8. The Kier molecular flexibility index (Phi) is 15.2. The van der Waals surface area contributed by atoms with Crippen LogP contribution in [-0.4, -0.2) is 6.79 Å². The largest absolute Gasteiger partial charge is 0.457 e. The van der Waals surface area contributed by atoms with Crippen molar-refractivity contribution in [3.63, 3.8) is 0 Å². The minimum absolute atomic E-state index is 0.360. The normalized spacial score (nSPS) is 10.0. The second-order valence-electron chi connectivity index (χ2n) is 8.54. The highest BCUT2D eigenvalue weighted by atomic mass is 16.7. The highest BCUT2D eigenvalue weighted by molar-refractivity contribution is 5.53. The average molecular weight is 566 g/mol. The number of hydrogen-bond donors (Lipinski definition) is 1. The van der Waals surface area contributed by atoms with Gasteiger partial charge in [0.15, 0.2) is 11.5 Å². The van der Waals surface area contributed by atoms with Gasteiger partial charge in [0, 0.05) is 0 Å². The van der Waals surface area contributed by atoms with Gasteiger partial charge >= 0.3 is 0 Å². The van der Waals surface area contributed by atoms with E-state index in [2.05, 4.69) is 6.92 Å². The predicted octanol–water partition coefficient (Wildman–Crippen LogP) is 10.6. The summed E-state index contributed by atoms with van der Waals surface area (Å²) < 4.78 is 21.5. The minimum atomic E-state index is 0.360. The van der Waals surface area contributed by atoms with Crippen molar-refractivity contribution >= 4 is 5.69 Å². The Morgan fingerprint density at radius 3 is 1.57 bits per heavy atom. The molecule has 5 heteroatoms. The molecule has 1 aliphatic heterocycles. The predicted molar refractivity (Wildman–Crippen MR) is 175 cm³/mol. The zero-order valence-electron chi connectivity index (χ0n) is 25.5. The molecule has 5 nitrogen and oxygen atoms in total. The van der Waals surface area contributed by atoms with Gasteiger partial charge < -0.3 is 24.7 Å². The number of benzene rings is 5. The Hall–Kier alpha value is -4.90. The van der Waals surface area contributed by atoms with E-state index in [-0.39, 0.29) is 0 Å². The lowest BCUT2D eigenvalue weighted by atomic mass is 10.2. The zero-order chi connectivity index (χ0) is 30.6. The summed E-state index contributed by atoms with van der Waals surface area (Å²) in [5, 5.41) is 0. The molecule has 0 aromatic heterocycles. The SMILES string of the molecule is CC.CC.Cc1ccc(Oc2ccccc2)cc1.Cc1ccc2c(c1)OCO2.Nc1ccccc1Oc1ccccc1. The number of anilines is 1. The van der Waals surface area contributed by atoms with Gasteiger partial charge in [0.1, 0.15) is 23.0 Å². The van der Waals surface area contributed by atoms with E-state index in [4.69, 9.17) is 24.7 Å². The zero-order valence-corrected chi connectivity index (χ0v) is 25.5. The van der Waals surface area contributed by atoms with E-state index < -0.39 is 0 Å². The molecular weight excluding hydrogens is 522 g/mol. The summed E-state index contributed by atoms with van der Waals surface area (Å²) in [5.41, 5.74) is 8.83. The molecule has 0 aliphatic carbocycles. The van der Waals surface area contributed by atoms with Gasteiger partial charge in [-0.3, -0.25) is 0 Å². The van der Waals surface area contributed by atoms with E-state index >= 15 is 0 Å². The lowest BCUT2D eigenvalue weighted by Gasteiger charge is -2.07. The van der Waals surface area contributed by atoms with Crippen molar-refractivity contribution in [1.29, 1.82) is 0 Å². The number of para-hydroxylation sites is 4. The fourth-order valence-corrected chi connectivity index (χ4v) is 3.42. The first-order valence-corrected chi connectivity index (χ1v) is 14.3. The molecule has 42 heavy (non-hydrogen) atoms. The van der Waals surface area contributed by atoms with E-state index in [1.54, 1.807) is 0 Å². The lowest BCUT2D eigenvalue weighted by Crippen LogP contribution is -1.92. The second kappa shape index (κ2) is 19.2. The van der Waals surface area contributed by atoms with Gasteiger partial charge in [0.2, 0.25) is 6.79 Å². The summed E-state index contributed by atoms with van der Waals surface area (Å²) in [7, 11) is 0. The fourth-order valence-electron chi connectivity index (χ4n) is 3.42. The van der Waals surface area contributed by atoms with Crippen LogP contribution in [0.25, 0.3) is 0 Å². The van der Waals surface area contributed by atoms with Crippen LogP contribution in [0.3, 0.4) is 0 Å². The van der Waals surface area contributed by atoms with Crippen molar-refractivity contribution < 1.29 is 18.9 Å². The van der Waals surface area contributed by atoms with Crippen LogP contribution in [0.1, 0.15) is 38.8 Å². The van der Waals surface area contributed by atoms with Crippen LogP contribution in [-0.2, 0) is 0 Å². The van der Waals surface area contributed by atoms with Crippen LogP contribution in [0.4, 0.5) is 5.69 Å². The molecule has 0 bridgehead atoms. The molecule has 2 N–H and O–H groups in total. The van der Waals surface area contributed by atoms with E-state index in [0.29, 0.717) is 18.2 Å². The number of nitrogens with two attached hydrogens (primary N) is 1. The first-order chi connectivity index (χ1) is 20.6. The van der Waals surface area contributed by atoms with Gasteiger partial charge in [-0.05, 0) is 80.1 Å². The molecule has 5 aromatic rings. The molecule has 0 saturated heterocycles. The molecule has 0 saturated carbocycles. The molecule has 5 aromatic carbocycles. The quantitative estimate of drug-likeness (QED) is 0.220. The van der Waals surface area contributed by atoms with Crippen molar-refractivity contribution in [3.8, 4) is 34.5 Å². The molecule has 0 spiro atoms. The Labute approximate surface area is 251 Å². The topological polar surface area (TPSA) is 62.9 Å². The Bertz CT molecular complexity index is 1410. The van der Waals surface area contributed by atoms with Crippen molar-refractivity contribution in [2.24, 2.45) is 0 Å². The first kappa shape index (κ1) is 33.3. The van der Waals surface area contributed by atoms with Crippen LogP contribution in [0.2, 0.25) is 0 Å². The maximum Gasteiger partial charge on any atom is 0.231 e. The monoisotopic (exact) mass is 565 g/mol. The minimum Gasteiger partial charge on any atom is -0.457 e. The van der Waals surface area contributed by atoms with Gasteiger partial charge in [-0.1, -0.05) is 100.0 Å². The van der Waals surface area contributed by atoms with E-state index in [9.17, 15) is 0 Å². The van der Waals surface area contributed by atoms with Gasteiger partial charge in [-0.25, -0.2) is 0 Å². The molecule has 0 fully saturated rings. The third-order valence-electron chi connectivity index (χ3n) is 5.42. The van der Waals surface area contributed by atoms with Crippen LogP contribution in [0.15, 0.2) is 127 Å². The molecule has 220 valence electrons. The van der Waals surface area contributed by atoms with Crippen LogP contribution in [0, 0.1) is 13.8 Å². The summed E-state index contributed by atoms with van der Waals surface area (Å²) in [5.74, 6) is 4.95. The van der Waals surface area contributed by atoms with Crippen molar-refractivity contribution in [2.75, 3.05) is 12.5 Å². The number of rotatable bonds is 4. The Morgan fingerprint density at radius 1 is 0.500 bits per heavy atom. The van der Waals surface area contributed by atoms with Gasteiger partial charge in [-0.2, -0.15) is 0 Å². The van der Waals surface area contributed by atoms with Gasteiger partial charge in [-0.15, -0.1) is 0 Å². The van der Waals surface area contributed by atoms with Crippen molar-refractivity contribution in [1.82, 2.24) is 0 Å². The highest BCUT2D eigenvalue weighted by Gasteiger charge is 2.11. The Morgan fingerprint density at radius 2 is 0.976 bits per heavy atom. The van der Waals surface area contributed by atoms with Crippen LogP contribution >= 0.6 is 0 Å². The molecule has 0 amide bonds. The van der Waals surface area contributed by atoms with E-state index in [1.807, 2.05) is 162 Å². The third kappa shape index (κ3) is 11.7. The third-order valence-corrected chi connectivity index (χ3v) is 5.42. The molecular formula is C37H43NO4. The lowest BCUT2D eigenvalue weighted by molar-refractivity contribution is 0.174. The first-order valence-electron chi connectivity index (χ1n) is 14.3. The molecule has 1 heterocycles. The van der Waals surface area contributed by atoms with Crippen LogP contribution in [0.5, 0.6) is 34.5 Å². The summed E-state index contributed by atoms with van der Waals surface area (Å²) >= 11 is 0. The fraction of sp³-hybridized carbons (Fsp3) is 0.189. The summed E-state index contributed by atoms with van der Waals surface area (Å²) in [4.78, 5) is 0. The standard InChI is InChI=1S/C13H12O.C12H11NO.C8H8O2.2C2H6/c1-11-7-9-13(10-8-11)14-12-5-3-2-4-6-12;13-11-8-4-5-9-12(11)14-10-6-2-1-3-7-10;1-6-2-3-7-8(4-6)10-5-9-7;2*1-2/h2-10H,1H3;1-9H,13H2;2-4H,5H2,1H3;2*1-2H3. The summed E-state index contributed by atoms with van der Waals surface area (Å²) in [6.45, 7) is 12.5. The molecule has 1 aliphatic rings. The number of hydrogen-bond acceptors (Lipinski definition) is 5. The molecule has 0 atom stereocenters. The van der Waals surface area contributed by atoms with Gasteiger partial charge in [0.05, 0.1) is 5.69 Å². The van der Waals surface area contributed by atoms with E-state index in [0.717, 1.165) is 28.7 Å². The number of nitrogen functional groups attached to an aromatic ring is 1. The van der Waals surface area contributed by atoms with Gasteiger partial charge in [0.25, 0.3) is 0 Å². The Balaban J connectivity index is 0.000000210. The van der Waals surface area contributed by atoms with E-state index in [1.165, 1.54) is 11.1 Å². The number of fused-ring (bicyclic) bond motifs is 1. The van der Waals surface area contributed by atoms with Crippen molar-refractivity contribution in [2.45, 2.75) is 41.5 Å². The summed E-state index contributed by atoms with van der Waals surface area (Å²) in [6.07, 6.45) is 0. The number of aryl methyl sites for hydroxylation is 2. The molecule has 6 rings (SSSR count). The van der Waals surface area contributed by atoms with Crippen LogP contribution < -0.4 is 24.7 Å². The van der Waals surface area contributed by atoms with Crippen molar-refractivity contribution in [3.05, 3.63) is 139 Å². The average Bonchev–Trinajstić information content (AvgIpc) is 3.51.